The lowest BCUT2D eigenvalue weighted by Gasteiger charge is -2.31. The Labute approximate surface area is 105 Å². The first-order valence-electron chi connectivity index (χ1n) is 6.63. The van der Waals surface area contributed by atoms with Crippen LogP contribution in [0.5, 0.6) is 5.75 Å². The molecule has 1 aliphatic carbocycles. The van der Waals surface area contributed by atoms with E-state index in [1.54, 1.807) is 7.11 Å². The minimum atomic E-state index is 0.758. The topological polar surface area (TPSA) is 12.5 Å². The largest absolute Gasteiger partial charge is 0.496 e. The van der Waals surface area contributed by atoms with Crippen LogP contribution >= 0.6 is 0 Å². The molecule has 1 saturated carbocycles. The fraction of sp³-hybridized carbons (Fsp3) is 0.600. The van der Waals surface area contributed by atoms with Crippen LogP contribution in [0.15, 0.2) is 24.3 Å². The number of para-hydroxylation sites is 1. The second-order valence-electron chi connectivity index (χ2n) is 5.02. The van der Waals surface area contributed by atoms with E-state index in [4.69, 9.17) is 4.74 Å². The molecule has 0 atom stereocenters. The number of rotatable bonds is 4. The minimum absolute atomic E-state index is 0.758. The molecule has 2 heteroatoms. The summed E-state index contributed by atoms with van der Waals surface area (Å²) in [5, 5.41) is 0. The van der Waals surface area contributed by atoms with Gasteiger partial charge in [0.05, 0.1) is 7.11 Å². The van der Waals surface area contributed by atoms with Crippen LogP contribution in [0, 0.1) is 0 Å². The molecule has 0 N–H and O–H groups in total. The Kier molecular flexibility index (Phi) is 4.43. The van der Waals surface area contributed by atoms with Gasteiger partial charge in [0.15, 0.2) is 0 Å². The van der Waals surface area contributed by atoms with Crippen molar-refractivity contribution in [3.8, 4) is 5.75 Å². The summed E-state index contributed by atoms with van der Waals surface area (Å²) in [4.78, 5) is 2.48. The number of hydrogen-bond acceptors (Lipinski definition) is 2. The highest BCUT2D eigenvalue weighted by Crippen LogP contribution is 2.25. The van der Waals surface area contributed by atoms with Gasteiger partial charge < -0.3 is 4.74 Å². The number of methoxy groups -OCH3 is 1. The van der Waals surface area contributed by atoms with Crippen molar-refractivity contribution in [1.82, 2.24) is 4.90 Å². The summed E-state index contributed by atoms with van der Waals surface area (Å²) in [7, 11) is 3.99. The average molecular weight is 233 g/mol. The summed E-state index contributed by atoms with van der Waals surface area (Å²) in [6.07, 6.45) is 6.90. The molecule has 2 rings (SSSR count). The Morgan fingerprint density at radius 3 is 2.59 bits per heavy atom. The third kappa shape index (κ3) is 3.22. The van der Waals surface area contributed by atoms with Gasteiger partial charge in [-0.3, -0.25) is 4.90 Å². The van der Waals surface area contributed by atoms with Gasteiger partial charge in [0.2, 0.25) is 0 Å². The van der Waals surface area contributed by atoms with E-state index in [9.17, 15) is 0 Å². The fourth-order valence-corrected chi connectivity index (χ4v) is 2.75. The average Bonchev–Trinajstić information content (AvgIpc) is 2.40. The minimum Gasteiger partial charge on any atom is -0.496 e. The van der Waals surface area contributed by atoms with Crippen LogP contribution in [0.1, 0.15) is 37.7 Å². The predicted molar refractivity (Wildman–Crippen MR) is 71.3 cm³/mol. The molecular formula is C15H23NO. The quantitative estimate of drug-likeness (QED) is 0.789. The van der Waals surface area contributed by atoms with E-state index in [0.717, 1.165) is 18.3 Å². The highest BCUT2D eigenvalue weighted by molar-refractivity contribution is 5.33. The Morgan fingerprint density at radius 1 is 1.18 bits per heavy atom. The standard InChI is InChI=1S/C15H23NO/c1-16(14-9-4-3-5-10-14)12-13-8-6-7-11-15(13)17-2/h6-8,11,14H,3-5,9-10,12H2,1-2H3. The van der Waals surface area contributed by atoms with Gasteiger partial charge in [-0.25, -0.2) is 0 Å². The van der Waals surface area contributed by atoms with Crippen molar-refractivity contribution in [3.05, 3.63) is 29.8 Å². The van der Waals surface area contributed by atoms with Gasteiger partial charge in [-0.15, -0.1) is 0 Å². The summed E-state index contributed by atoms with van der Waals surface area (Å²) in [5.41, 5.74) is 1.29. The molecule has 1 aromatic rings. The molecule has 0 bridgehead atoms. The Balaban J connectivity index is 1.99. The maximum absolute atomic E-state index is 5.41. The van der Waals surface area contributed by atoms with E-state index < -0.39 is 0 Å². The zero-order chi connectivity index (χ0) is 12.1. The molecule has 0 aliphatic heterocycles. The highest BCUT2D eigenvalue weighted by Gasteiger charge is 2.18. The first-order valence-corrected chi connectivity index (χ1v) is 6.63. The van der Waals surface area contributed by atoms with Crippen molar-refractivity contribution in [3.63, 3.8) is 0 Å². The SMILES string of the molecule is COc1ccccc1CN(C)C1CCCCC1. The molecule has 0 heterocycles. The first kappa shape index (κ1) is 12.4. The summed E-state index contributed by atoms with van der Waals surface area (Å²) >= 11 is 0. The molecule has 0 aromatic heterocycles. The molecular weight excluding hydrogens is 210 g/mol. The van der Waals surface area contributed by atoms with E-state index in [2.05, 4.69) is 24.1 Å². The second kappa shape index (κ2) is 6.06. The van der Waals surface area contributed by atoms with Gasteiger partial charge in [-0.05, 0) is 26.0 Å². The van der Waals surface area contributed by atoms with Gasteiger partial charge in [-0.1, -0.05) is 37.5 Å². The number of ether oxygens (including phenoxy) is 1. The van der Waals surface area contributed by atoms with Crippen LogP contribution in [0.25, 0.3) is 0 Å². The number of hydrogen-bond donors (Lipinski definition) is 0. The van der Waals surface area contributed by atoms with Gasteiger partial charge >= 0.3 is 0 Å². The zero-order valence-corrected chi connectivity index (χ0v) is 11.0. The summed E-state index contributed by atoms with van der Waals surface area (Å²) in [6, 6.07) is 9.09. The lowest BCUT2D eigenvalue weighted by atomic mass is 9.94. The molecule has 94 valence electrons. The van der Waals surface area contributed by atoms with Crippen molar-refractivity contribution >= 4 is 0 Å². The summed E-state index contributed by atoms with van der Waals surface area (Å²) in [6.45, 7) is 0.995. The second-order valence-corrected chi connectivity index (χ2v) is 5.02. The third-order valence-corrected chi connectivity index (χ3v) is 3.81. The summed E-state index contributed by atoms with van der Waals surface area (Å²) in [5.74, 6) is 1.01. The van der Waals surface area contributed by atoms with Crippen LogP contribution in [-0.2, 0) is 6.54 Å². The molecule has 0 spiro atoms. The van der Waals surface area contributed by atoms with E-state index in [1.807, 2.05) is 12.1 Å². The van der Waals surface area contributed by atoms with Crippen LogP contribution in [0.3, 0.4) is 0 Å². The predicted octanol–water partition coefficient (Wildman–Crippen LogP) is 3.46. The van der Waals surface area contributed by atoms with E-state index >= 15 is 0 Å². The smallest absolute Gasteiger partial charge is 0.123 e. The molecule has 17 heavy (non-hydrogen) atoms. The lowest BCUT2D eigenvalue weighted by Crippen LogP contribution is -2.32. The van der Waals surface area contributed by atoms with Crippen LogP contribution < -0.4 is 4.74 Å². The first-order chi connectivity index (χ1) is 8.31. The lowest BCUT2D eigenvalue weighted by molar-refractivity contribution is 0.183. The molecule has 0 unspecified atom stereocenters. The van der Waals surface area contributed by atoms with Crippen molar-refractivity contribution in [1.29, 1.82) is 0 Å². The maximum atomic E-state index is 5.41. The van der Waals surface area contributed by atoms with Crippen LogP contribution in [-0.4, -0.2) is 25.1 Å². The monoisotopic (exact) mass is 233 g/mol. The normalized spacial score (nSPS) is 17.4. The van der Waals surface area contributed by atoms with E-state index in [-0.39, 0.29) is 0 Å². The Hall–Kier alpha value is -1.02. The van der Waals surface area contributed by atoms with E-state index in [0.29, 0.717) is 0 Å². The third-order valence-electron chi connectivity index (χ3n) is 3.81. The molecule has 1 fully saturated rings. The van der Waals surface area contributed by atoms with Crippen molar-refractivity contribution in [2.75, 3.05) is 14.2 Å². The van der Waals surface area contributed by atoms with Gasteiger partial charge in [0.25, 0.3) is 0 Å². The molecule has 2 nitrogen and oxygen atoms in total. The molecule has 1 aromatic carbocycles. The zero-order valence-electron chi connectivity index (χ0n) is 11.0. The van der Waals surface area contributed by atoms with Crippen molar-refractivity contribution in [2.45, 2.75) is 44.7 Å². The number of nitrogens with zero attached hydrogens (tertiary/aromatic N) is 1. The molecule has 0 radical (unpaired) electrons. The molecule has 0 saturated heterocycles. The maximum Gasteiger partial charge on any atom is 0.123 e. The fourth-order valence-electron chi connectivity index (χ4n) is 2.75. The highest BCUT2D eigenvalue weighted by atomic mass is 16.5. The van der Waals surface area contributed by atoms with Crippen molar-refractivity contribution in [2.24, 2.45) is 0 Å². The van der Waals surface area contributed by atoms with E-state index in [1.165, 1.54) is 37.7 Å². The van der Waals surface area contributed by atoms with Crippen molar-refractivity contribution < 1.29 is 4.74 Å². The Bertz CT molecular complexity index is 345. The van der Waals surface area contributed by atoms with Crippen LogP contribution in [0.4, 0.5) is 0 Å². The Morgan fingerprint density at radius 2 is 1.88 bits per heavy atom. The van der Waals surface area contributed by atoms with Gasteiger partial charge in [-0.2, -0.15) is 0 Å². The van der Waals surface area contributed by atoms with Gasteiger partial charge in [0, 0.05) is 18.2 Å². The molecule has 0 amide bonds. The van der Waals surface area contributed by atoms with Crippen LogP contribution in [0.2, 0.25) is 0 Å². The van der Waals surface area contributed by atoms with Gasteiger partial charge in [0.1, 0.15) is 5.75 Å². The number of benzene rings is 1. The molecule has 1 aliphatic rings. The summed E-state index contributed by atoms with van der Waals surface area (Å²) < 4.78 is 5.41.